The lowest BCUT2D eigenvalue weighted by molar-refractivity contribution is 1.46. The van der Waals surface area contributed by atoms with Gasteiger partial charge in [-0.3, -0.25) is 0 Å². The van der Waals surface area contributed by atoms with Gasteiger partial charge in [0.05, 0.1) is 0 Å². The van der Waals surface area contributed by atoms with E-state index >= 15 is 0 Å². The van der Waals surface area contributed by atoms with E-state index < -0.39 is 0 Å². The third-order valence-electron chi connectivity index (χ3n) is 2.84. The average molecular weight is 234 g/mol. The highest BCUT2D eigenvalue weighted by Gasteiger charge is 1.89. The van der Waals surface area contributed by atoms with Gasteiger partial charge >= 0.3 is 0 Å². The first kappa shape index (κ1) is 12.4. The smallest absolute Gasteiger partial charge is 0.0256 e. The molecule has 0 fully saturated rings. The lowest BCUT2D eigenvalue weighted by atomic mass is 10.1. The molecule has 0 aromatic heterocycles. The molecule has 0 bridgehead atoms. The van der Waals surface area contributed by atoms with Crippen molar-refractivity contribution in [1.82, 2.24) is 0 Å². The van der Waals surface area contributed by atoms with Gasteiger partial charge in [-0.2, -0.15) is 0 Å². The Balaban J connectivity index is 2.11. The minimum atomic E-state index is 1.23. The van der Waals surface area contributed by atoms with Crippen molar-refractivity contribution >= 4 is 18.2 Å². The lowest BCUT2D eigenvalue weighted by Crippen LogP contribution is -1.76. The van der Waals surface area contributed by atoms with Crippen molar-refractivity contribution in [2.24, 2.45) is 0 Å². The SMILES string of the molecule is C/C=C/c1ccc(/C=C/c2ccc(C)cc2)cc1. The molecule has 0 heteroatoms. The van der Waals surface area contributed by atoms with E-state index in [1.165, 1.54) is 22.3 Å². The maximum Gasteiger partial charge on any atom is -0.0256 e. The second-order valence-corrected chi connectivity index (χ2v) is 4.41. The number of aryl methyl sites for hydroxylation is 1. The van der Waals surface area contributed by atoms with Crippen LogP contribution in [0.25, 0.3) is 18.2 Å². The molecule has 2 aromatic rings. The maximum atomic E-state index is 2.14. The minimum absolute atomic E-state index is 1.23. The second kappa shape index (κ2) is 6.02. The van der Waals surface area contributed by atoms with Crippen molar-refractivity contribution in [3.8, 4) is 0 Å². The van der Waals surface area contributed by atoms with E-state index in [0.29, 0.717) is 0 Å². The summed E-state index contributed by atoms with van der Waals surface area (Å²) in [7, 11) is 0. The van der Waals surface area contributed by atoms with Gasteiger partial charge in [-0.25, -0.2) is 0 Å². The van der Waals surface area contributed by atoms with E-state index in [0.717, 1.165) is 0 Å². The monoisotopic (exact) mass is 234 g/mol. The van der Waals surface area contributed by atoms with Crippen molar-refractivity contribution < 1.29 is 0 Å². The Labute approximate surface area is 109 Å². The van der Waals surface area contributed by atoms with Crippen LogP contribution in [0.3, 0.4) is 0 Å². The quantitative estimate of drug-likeness (QED) is 0.640. The fourth-order valence-electron chi connectivity index (χ4n) is 1.78. The summed E-state index contributed by atoms with van der Waals surface area (Å²) in [5.41, 5.74) is 5.00. The minimum Gasteiger partial charge on any atom is -0.0871 e. The molecule has 0 atom stereocenters. The molecule has 2 aromatic carbocycles. The van der Waals surface area contributed by atoms with Crippen LogP contribution in [0, 0.1) is 6.92 Å². The van der Waals surface area contributed by atoms with Crippen molar-refractivity contribution in [1.29, 1.82) is 0 Å². The first-order valence-electron chi connectivity index (χ1n) is 6.25. The van der Waals surface area contributed by atoms with Gasteiger partial charge in [0.1, 0.15) is 0 Å². The lowest BCUT2D eigenvalue weighted by Gasteiger charge is -1.97. The molecule has 0 saturated heterocycles. The van der Waals surface area contributed by atoms with Gasteiger partial charge in [0, 0.05) is 0 Å². The molecule has 0 spiro atoms. The van der Waals surface area contributed by atoms with E-state index in [-0.39, 0.29) is 0 Å². The number of hydrogen-bond acceptors (Lipinski definition) is 0. The zero-order valence-corrected chi connectivity index (χ0v) is 10.9. The van der Waals surface area contributed by atoms with Crippen LogP contribution >= 0.6 is 0 Å². The Kier molecular flexibility index (Phi) is 4.14. The summed E-state index contributed by atoms with van der Waals surface area (Å²) in [6.07, 6.45) is 8.44. The molecule has 0 nitrogen and oxygen atoms in total. The van der Waals surface area contributed by atoms with Gasteiger partial charge in [-0.15, -0.1) is 0 Å². The summed E-state index contributed by atoms with van der Waals surface area (Å²) in [5.74, 6) is 0. The summed E-state index contributed by atoms with van der Waals surface area (Å²) in [6, 6.07) is 17.1. The molecular formula is C18H18. The summed E-state index contributed by atoms with van der Waals surface area (Å²) in [6.45, 7) is 4.14. The van der Waals surface area contributed by atoms with E-state index in [9.17, 15) is 0 Å². The number of benzene rings is 2. The van der Waals surface area contributed by atoms with Gasteiger partial charge in [0.25, 0.3) is 0 Å². The number of hydrogen-bond donors (Lipinski definition) is 0. The fourth-order valence-corrected chi connectivity index (χ4v) is 1.78. The molecule has 2 rings (SSSR count). The average Bonchev–Trinajstić information content (AvgIpc) is 2.40. The van der Waals surface area contributed by atoms with Crippen molar-refractivity contribution in [3.05, 3.63) is 76.9 Å². The zero-order chi connectivity index (χ0) is 12.8. The molecule has 0 saturated carbocycles. The first-order valence-corrected chi connectivity index (χ1v) is 6.25. The molecule has 0 radical (unpaired) electrons. The van der Waals surface area contributed by atoms with Gasteiger partial charge in [0.2, 0.25) is 0 Å². The third-order valence-corrected chi connectivity index (χ3v) is 2.84. The standard InChI is InChI=1S/C18H18/c1-3-4-16-9-11-18(12-10-16)14-13-17-7-5-15(2)6-8-17/h3-14H,1-2H3/b4-3+,14-13+. The molecule has 0 N–H and O–H groups in total. The summed E-state index contributed by atoms with van der Waals surface area (Å²) >= 11 is 0. The summed E-state index contributed by atoms with van der Waals surface area (Å²) in [5, 5.41) is 0. The van der Waals surface area contributed by atoms with Crippen molar-refractivity contribution in [2.75, 3.05) is 0 Å². The van der Waals surface area contributed by atoms with Crippen LogP contribution in [-0.4, -0.2) is 0 Å². The van der Waals surface area contributed by atoms with Crippen LogP contribution < -0.4 is 0 Å². The van der Waals surface area contributed by atoms with Crippen LogP contribution in [0.1, 0.15) is 29.2 Å². The molecule has 0 heterocycles. The van der Waals surface area contributed by atoms with E-state index in [1.54, 1.807) is 0 Å². The van der Waals surface area contributed by atoms with E-state index in [2.05, 4.69) is 79.8 Å². The van der Waals surface area contributed by atoms with Crippen LogP contribution in [0.4, 0.5) is 0 Å². The van der Waals surface area contributed by atoms with E-state index in [1.807, 2.05) is 6.92 Å². The van der Waals surface area contributed by atoms with Crippen LogP contribution in [0.2, 0.25) is 0 Å². The van der Waals surface area contributed by atoms with Crippen LogP contribution in [0.15, 0.2) is 54.6 Å². The van der Waals surface area contributed by atoms with Gasteiger partial charge in [0.15, 0.2) is 0 Å². The van der Waals surface area contributed by atoms with Gasteiger partial charge in [-0.05, 0) is 30.5 Å². The highest BCUT2D eigenvalue weighted by molar-refractivity contribution is 5.70. The Morgan fingerprint density at radius 2 is 1.00 bits per heavy atom. The van der Waals surface area contributed by atoms with Gasteiger partial charge in [-0.1, -0.05) is 78.4 Å². The third kappa shape index (κ3) is 3.46. The zero-order valence-electron chi connectivity index (χ0n) is 10.9. The fraction of sp³-hybridized carbons (Fsp3) is 0.111. The Morgan fingerprint density at radius 1 is 0.611 bits per heavy atom. The number of rotatable bonds is 3. The molecule has 0 aliphatic rings. The summed E-state index contributed by atoms with van der Waals surface area (Å²) < 4.78 is 0. The largest absolute Gasteiger partial charge is 0.0871 e. The number of allylic oxidation sites excluding steroid dienone is 1. The summed E-state index contributed by atoms with van der Waals surface area (Å²) in [4.78, 5) is 0. The molecule has 18 heavy (non-hydrogen) atoms. The topological polar surface area (TPSA) is 0 Å². The highest BCUT2D eigenvalue weighted by Crippen LogP contribution is 2.11. The van der Waals surface area contributed by atoms with Crippen LogP contribution in [-0.2, 0) is 0 Å². The predicted molar refractivity (Wildman–Crippen MR) is 81.3 cm³/mol. The maximum absolute atomic E-state index is 2.14. The molecule has 0 unspecified atom stereocenters. The molecule has 0 amide bonds. The Hall–Kier alpha value is -2.08. The molecule has 0 aliphatic heterocycles. The molecule has 90 valence electrons. The van der Waals surface area contributed by atoms with Crippen molar-refractivity contribution in [3.63, 3.8) is 0 Å². The predicted octanol–water partition coefficient (Wildman–Crippen LogP) is 5.20. The Morgan fingerprint density at radius 3 is 1.44 bits per heavy atom. The van der Waals surface area contributed by atoms with E-state index in [4.69, 9.17) is 0 Å². The van der Waals surface area contributed by atoms with Crippen LogP contribution in [0.5, 0.6) is 0 Å². The Bertz CT molecular complexity index is 540. The van der Waals surface area contributed by atoms with Gasteiger partial charge < -0.3 is 0 Å². The molecule has 0 aliphatic carbocycles. The first-order chi connectivity index (χ1) is 8.78. The van der Waals surface area contributed by atoms with Crippen molar-refractivity contribution in [2.45, 2.75) is 13.8 Å². The second-order valence-electron chi connectivity index (χ2n) is 4.41. The normalized spacial score (nSPS) is 11.4. The highest BCUT2D eigenvalue weighted by atomic mass is 13.9. The molecular weight excluding hydrogens is 216 g/mol.